The van der Waals surface area contributed by atoms with Crippen LogP contribution in [-0.2, 0) is 4.79 Å². The van der Waals surface area contributed by atoms with Gasteiger partial charge in [-0.05, 0) is 24.6 Å². The molecule has 2 amide bonds. The molecule has 5 nitrogen and oxygen atoms in total. The fourth-order valence-corrected chi connectivity index (χ4v) is 2.69. The molecule has 1 aliphatic heterocycles. The Hall–Kier alpha value is -1.69. The van der Waals surface area contributed by atoms with Crippen molar-refractivity contribution in [1.29, 1.82) is 0 Å². The van der Waals surface area contributed by atoms with Crippen molar-refractivity contribution >= 4 is 22.9 Å². The van der Waals surface area contributed by atoms with Gasteiger partial charge >= 0.3 is 0 Å². The highest BCUT2D eigenvalue weighted by Crippen LogP contribution is 2.16. The van der Waals surface area contributed by atoms with Gasteiger partial charge in [0.1, 0.15) is 18.9 Å². The molecule has 0 unspecified atom stereocenters. The molecule has 108 valence electrons. The first-order valence-corrected chi connectivity index (χ1v) is 7.51. The molecule has 1 heterocycles. The van der Waals surface area contributed by atoms with Gasteiger partial charge in [0.15, 0.2) is 0 Å². The molecular formula is C14H18N2O3S. The molecule has 1 aromatic carbocycles. The van der Waals surface area contributed by atoms with E-state index in [-0.39, 0.29) is 17.7 Å². The molecule has 6 heteroatoms. The summed E-state index contributed by atoms with van der Waals surface area (Å²) in [5.41, 5.74) is 1.14. The number of thioether (sulfide) groups is 1. The minimum Gasteiger partial charge on any atom is -0.492 e. The Morgan fingerprint density at radius 1 is 1.50 bits per heavy atom. The van der Waals surface area contributed by atoms with Gasteiger partial charge in [-0.15, -0.1) is 0 Å². The van der Waals surface area contributed by atoms with E-state index in [4.69, 9.17) is 4.74 Å². The summed E-state index contributed by atoms with van der Waals surface area (Å²) < 4.78 is 5.53. The Morgan fingerprint density at radius 3 is 3.05 bits per heavy atom. The third-order valence-electron chi connectivity index (χ3n) is 2.86. The molecular weight excluding hydrogens is 276 g/mol. The van der Waals surface area contributed by atoms with Crippen LogP contribution in [0.2, 0.25) is 0 Å². The molecule has 2 rings (SSSR count). The molecule has 0 radical (unpaired) electrons. The monoisotopic (exact) mass is 294 g/mol. The van der Waals surface area contributed by atoms with Crippen LogP contribution in [0.1, 0.15) is 5.56 Å². The zero-order valence-electron chi connectivity index (χ0n) is 11.4. The first-order chi connectivity index (χ1) is 9.65. The van der Waals surface area contributed by atoms with Crippen molar-refractivity contribution in [3.8, 4) is 5.75 Å². The van der Waals surface area contributed by atoms with Crippen LogP contribution in [-0.4, -0.2) is 48.0 Å². The van der Waals surface area contributed by atoms with E-state index in [0.29, 0.717) is 19.7 Å². The SMILES string of the molecule is Cc1cccc(OCCNC(=O)CN2CCSC2=O)c1. The van der Waals surface area contributed by atoms with E-state index in [0.717, 1.165) is 17.1 Å². The standard InChI is InChI=1S/C14H18N2O3S/c1-11-3-2-4-12(9-11)19-7-5-15-13(17)10-16-6-8-20-14(16)18/h2-4,9H,5-8,10H2,1H3,(H,15,17). The Balaban J connectivity index is 1.63. The maximum absolute atomic E-state index is 11.6. The number of ether oxygens (including phenoxy) is 1. The molecule has 0 aliphatic carbocycles. The van der Waals surface area contributed by atoms with E-state index < -0.39 is 0 Å². The molecule has 1 fully saturated rings. The molecule has 20 heavy (non-hydrogen) atoms. The number of benzene rings is 1. The number of rotatable bonds is 6. The van der Waals surface area contributed by atoms with E-state index in [9.17, 15) is 9.59 Å². The molecule has 1 aromatic rings. The van der Waals surface area contributed by atoms with Crippen molar-refractivity contribution in [1.82, 2.24) is 10.2 Å². The molecule has 0 atom stereocenters. The number of carbonyl (C=O) groups is 2. The van der Waals surface area contributed by atoms with Crippen molar-refractivity contribution in [2.75, 3.05) is 32.0 Å². The van der Waals surface area contributed by atoms with Gasteiger partial charge in [0.25, 0.3) is 5.24 Å². The van der Waals surface area contributed by atoms with Crippen LogP contribution >= 0.6 is 11.8 Å². The van der Waals surface area contributed by atoms with Gasteiger partial charge < -0.3 is 15.0 Å². The van der Waals surface area contributed by atoms with Gasteiger partial charge in [0.2, 0.25) is 5.91 Å². The number of nitrogens with zero attached hydrogens (tertiary/aromatic N) is 1. The minimum atomic E-state index is -0.145. The lowest BCUT2D eigenvalue weighted by molar-refractivity contribution is -0.121. The summed E-state index contributed by atoms with van der Waals surface area (Å²) in [6.07, 6.45) is 0. The zero-order valence-corrected chi connectivity index (χ0v) is 12.2. The number of nitrogens with one attached hydrogen (secondary N) is 1. The Kier molecular flexibility index (Phi) is 5.29. The highest BCUT2D eigenvalue weighted by Gasteiger charge is 2.22. The second kappa shape index (κ2) is 7.19. The van der Waals surface area contributed by atoms with Crippen LogP contribution in [0, 0.1) is 6.92 Å². The van der Waals surface area contributed by atoms with E-state index in [1.807, 2.05) is 31.2 Å². The first-order valence-electron chi connectivity index (χ1n) is 6.53. The van der Waals surface area contributed by atoms with Gasteiger partial charge in [-0.1, -0.05) is 23.9 Å². The predicted octanol–water partition coefficient (Wildman–Crippen LogP) is 1.66. The number of hydrogen-bond donors (Lipinski definition) is 1. The smallest absolute Gasteiger partial charge is 0.282 e. The highest BCUT2D eigenvalue weighted by atomic mass is 32.2. The van der Waals surface area contributed by atoms with Gasteiger partial charge in [-0.3, -0.25) is 9.59 Å². The molecule has 0 aromatic heterocycles. The summed E-state index contributed by atoms with van der Waals surface area (Å²) in [5, 5.41) is 2.73. The Labute approximate surface area is 122 Å². The summed E-state index contributed by atoms with van der Waals surface area (Å²) in [4.78, 5) is 24.5. The average molecular weight is 294 g/mol. The van der Waals surface area contributed by atoms with Crippen molar-refractivity contribution in [3.05, 3.63) is 29.8 Å². The maximum Gasteiger partial charge on any atom is 0.282 e. The summed E-state index contributed by atoms with van der Waals surface area (Å²) in [7, 11) is 0. The van der Waals surface area contributed by atoms with Crippen LogP contribution in [0.15, 0.2) is 24.3 Å². The van der Waals surface area contributed by atoms with E-state index in [1.54, 1.807) is 4.90 Å². The minimum absolute atomic E-state index is 0.0174. The van der Waals surface area contributed by atoms with Crippen LogP contribution in [0.25, 0.3) is 0 Å². The molecule has 1 aliphatic rings. The molecule has 0 spiro atoms. The lowest BCUT2D eigenvalue weighted by Gasteiger charge is -2.14. The molecule has 1 saturated heterocycles. The van der Waals surface area contributed by atoms with Crippen LogP contribution in [0.4, 0.5) is 4.79 Å². The second-order valence-electron chi connectivity index (χ2n) is 4.55. The quantitative estimate of drug-likeness (QED) is 0.811. The number of carbonyl (C=O) groups excluding carboxylic acids is 2. The van der Waals surface area contributed by atoms with Gasteiger partial charge in [0, 0.05) is 12.3 Å². The van der Waals surface area contributed by atoms with E-state index in [2.05, 4.69) is 5.32 Å². The van der Waals surface area contributed by atoms with Gasteiger partial charge in [0.05, 0.1) is 6.54 Å². The summed E-state index contributed by atoms with van der Waals surface area (Å²) >= 11 is 1.26. The summed E-state index contributed by atoms with van der Waals surface area (Å²) in [6, 6.07) is 7.76. The molecule has 0 saturated carbocycles. The van der Waals surface area contributed by atoms with Crippen LogP contribution in [0.3, 0.4) is 0 Å². The fraction of sp³-hybridized carbons (Fsp3) is 0.429. The molecule has 0 bridgehead atoms. The average Bonchev–Trinajstić information content (AvgIpc) is 2.80. The van der Waals surface area contributed by atoms with Crippen molar-refractivity contribution in [2.24, 2.45) is 0 Å². The first kappa shape index (κ1) is 14.7. The normalized spacial score (nSPS) is 14.4. The lowest BCUT2D eigenvalue weighted by atomic mass is 10.2. The van der Waals surface area contributed by atoms with Gasteiger partial charge in [-0.25, -0.2) is 0 Å². The largest absolute Gasteiger partial charge is 0.492 e. The predicted molar refractivity (Wildman–Crippen MR) is 79.1 cm³/mol. The topological polar surface area (TPSA) is 58.6 Å². The zero-order chi connectivity index (χ0) is 14.4. The Bertz CT molecular complexity index is 493. The fourth-order valence-electron chi connectivity index (χ4n) is 1.86. The van der Waals surface area contributed by atoms with E-state index in [1.165, 1.54) is 11.8 Å². The van der Waals surface area contributed by atoms with Crippen LogP contribution < -0.4 is 10.1 Å². The van der Waals surface area contributed by atoms with Crippen molar-refractivity contribution in [2.45, 2.75) is 6.92 Å². The van der Waals surface area contributed by atoms with Crippen molar-refractivity contribution in [3.63, 3.8) is 0 Å². The number of amides is 2. The lowest BCUT2D eigenvalue weighted by Crippen LogP contribution is -2.38. The van der Waals surface area contributed by atoms with Crippen LogP contribution in [0.5, 0.6) is 5.75 Å². The highest BCUT2D eigenvalue weighted by molar-refractivity contribution is 8.13. The molecule has 1 N–H and O–H groups in total. The maximum atomic E-state index is 11.6. The Morgan fingerprint density at radius 2 is 2.35 bits per heavy atom. The summed E-state index contributed by atoms with van der Waals surface area (Å²) in [5.74, 6) is 1.42. The van der Waals surface area contributed by atoms with Crippen molar-refractivity contribution < 1.29 is 14.3 Å². The summed E-state index contributed by atoms with van der Waals surface area (Å²) in [6.45, 7) is 3.63. The third kappa shape index (κ3) is 4.45. The third-order valence-corrected chi connectivity index (χ3v) is 3.75. The number of hydrogen-bond acceptors (Lipinski definition) is 4. The second-order valence-corrected chi connectivity index (χ2v) is 5.60. The number of aryl methyl sites for hydroxylation is 1. The van der Waals surface area contributed by atoms with Gasteiger partial charge in [-0.2, -0.15) is 0 Å². The van der Waals surface area contributed by atoms with E-state index >= 15 is 0 Å².